The molecule has 0 spiro atoms. The van der Waals surface area contributed by atoms with E-state index in [0.717, 1.165) is 12.8 Å². The van der Waals surface area contributed by atoms with Crippen molar-refractivity contribution in [3.05, 3.63) is 47.1 Å². The Kier molecular flexibility index (Phi) is 2.44. The largest absolute Gasteiger partial charge is 0.384 e. The summed E-state index contributed by atoms with van der Waals surface area (Å²) in [4.78, 5) is 4.25. The van der Waals surface area contributed by atoms with Crippen molar-refractivity contribution in [3.63, 3.8) is 0 Å². The van der Waals surface area contributed by atoms with Gasteiger partial charge in [-0.05, 0) is 30.9 Å². The number of aliphatic hydroxyl groups is 1. The third-order valence-electron chi connectivity index (χ3n) is 3.23. The minimum atomic E-state index is -0.694. The Labute approximate surface area is 99.3 Å². The molecule has 2 aromatic rings. The minimum Gasteiger partial charge on any atom is -0.384 e. The number of nitrogens with zero attached hydrogens (tertiary/aromatic N) is 2. The second kappa shape index (κ2) is 3.96. The lowest BCUT2D eigenvalue weighted by molar-refractivity contribution is 0.151. The zero-order chi connectivity index (χ0) is 11.8. The molecular formula is C13H14N2O2. The Balaban J connectivity index is 1.84. The standard InChI is InChI=1S/C13H14N2O2/c1-8(16)13-14-12(15-17-13)11-6-9-4-2-3-5-10(9)7-11/h2-5,8,11,16H,6-7H2,1H3/t8-/m1/s1. The predicted octanol–water partition coefficient (Wildman–Crippen LogP) is 2.01. The van der Waals surface area contributed by atoms with Crippen LogP contribution in [-0.2, 0) is 12.8 Å². The van der Waals surface area contributed by atoms with Gasteiger partial charge in [0.15, 0.2) is 5.82 Å². The second-order valence-electron chi connectivity index (χ2n) is 4.54. The third kappa shape index (κ3) is 1.85. The summed E-state index contributed by atoms with van der Waals surface area (Å²) in [6, 6.07) is 8.40. The van der Waals surface area contributed by atoms with Crippen LogP contribution in [0.4, 0.5) is 0 Å². The molecule has 0 amide bonds. The van der Waals surface area contributed by atoms with Gasteiger partial charge in [0.2, 0.25) is 0 Å². The van der Waals surface area contributed by atoms with Crippen LogP contribution >= 0.6 is 0 Å². The number of aromatic nitrogens is 2. The van der Waals surface area contributed by atoms with E-state index in [0.29, 0.717) is 11.7 Å². The molecule has 1 aromatic carbocycles. The summed E-state index contributed by atoms with van der Waals surface area (Å²) in [5.41, 5.74) is 2.72. The first-order valence-electron chi connectivity index (χ1n) is 5.82. The lowest BCUT2D eigenvalue weighted by Gasteiger charge is -2.00. The molecule has 4 heteroatoms. The van der Waals surface area contributed by atoms with Gasteiger partial charge in [-0.25, -0.2) is 0 Å². The van der Waals surface area contributed by atoms with Gasteiger partial charge in [-0.2, -0.15) is 4.98 Å². The van der Waals surface area contributed by atoms with Crippen LogP contribution in [0.3, 0.4) is 0 Å². The molecule has 1 N–H and O–H groups in total. The number of fused-ring (bicyclic) bond motifs is 1. The summed E-state index contributed by atoms with van der Waals surface area (Å²) in [5, 5.41) is 13.3. The van der Waals surface area contributed by atoms with E-state index in [1.54, 1.807) is 6.92 Å². The molecule has 88 valence electrons. The molecular weight excluding hydrogens is 216 g/mol. The lowest BCUT2D eigenvalue weighted by atomic mass is 10.1. The summed E-state index contributed by atoms with van der Waals surface area (Å²) in [6.07, 6.45) is 1.21. The van der Waals surface area contributed by atoms with Gasteiger partial charge in [-0.15, -0.1) is 0 Å². The Morgan fingerprint density at radius 2 is 1.94 bits per heavy atom. The third-order valence-corrected chi connectivity index (χ3v) is 3.23. The van der Waals surface area contributed by atoms with Crippen molar-refractivity contribution in [2.24, 2.45) is 0 Å². The molecule has 17 heavy (non-hydrogen) atoms. The summed E-state index contributed by atoms with van der Waals surface area (Å²) >= 11 is 0. The molecule has 0 unspecified atom stereocenters. The smallest absolute Gasteiger partial charge is 0.255 e. The molecule has 1 aliphatic rings. The Morgan fingerprint density at radius 3 is 2.47 bits per heavy atom. The van der Waals surface area contributed by atoms with E-state index in [2.05, 4.69) is 34.4 Å². The van der Waals surface area contributed by atoms with Crippen molar-refractivity contribution in [2.75, 3.05) is 0 Å². The summed E-state index contributed by atoms with van der Waals surface area (Å²) in [6.45, 7) is 1.63. The van der Waals surface area contributed by atoms with Crippen LogP contribution in [0.25, 0.3) is 0 Å². The molecule has 1 atom stereocenters. The van der Waals surface area contributed by atoms with E-state index in [4.69, 9.17) is 4.52 Å². The summed E-state index contributed by atoms with van der Waals surface area (Å²) in [5.74, 6) is 1.29. The average molecular weight is 230 g/mol. The fraction of sp³-hybridized carbons (Fsp3) is 0.385. The lowest BCUT2D eigenvalue weighted by Crippen LogP contribution is -2.01. The maximum atomic E-state index is 9.36. The highest BCUT2D eigenvalue weighted by Gasteiger charge is 2.27. The van der Waals surface area contributed by atoms with Crippen molar-refractivity contribution in [2.45, 2.75) is 31.8 Å². The molecule has 1 aromatic heterocycles. The Hall–Kier alpha value is -1.68. The first-order valence-corrected chi connectivity index (χ1v) is 5.82. The van der Waals surface area contributed by atoms with Gasteiger partial charge in [0.1, 0.15) is 6.10 Å². The van der Waals surface area contributed by atoms with Gasteiger partial charge in [-0.1, -0.05) is 29.4 Å². The Bertz CT molecular complexity index is 509. The second-order valence-corrected chi connectivity index (χ2v) is 4.54. The fourth-order valence-electron chi connectivity index (χ4n) is 2.32. The van der Waals surface area contributed by atoms with Gasteiger partial charge in [0.05, 0.1) is 0 Å². The van der Waals surface area contributed by atoms with Crippen molar-refractivity contribution in [3.8, 4) is 0 Å². The molecule has 1 heterocycles. The van der Waals surface area contributed by atoms with Gasteiger partial charge in [0, 0.05) is 5.92 Å². The van der Waals surface area contributed by atoms with E-state index >= 15 is 0 Å². The van der Waals surface area contributed by atoms with Crippen LogP contribution in [-0.4, -0.2) is 15.2 Å². The maximum Gasteiger partial charge on any atom is 0.255 e. The van der Waals surface area contributed by atoms with Crippen molar-refractivity contribution < 1.29 is 9.63 Å². The van der Waals surface area contributed by atoms with Gasteiger partial charge >= 0.3 is 0 Å². The zero-order valence-corrected chi connectivity index (χ0v) is 9.63. The fourth-order valence-corrected chi connectivity index (χ4v) is 2.32. The van der Waals surface area contributed by atoms with Gasteiger partial charge in [-0.3, -0.25) is 0 Å². The maximum absolute atomic E-state index is 9.36. The van der Waals surface area contributed by atoms with Crippen LogP contribution in [0.2, 0.25) is 0 Å². The summed E-state index contributed by atoms with van der Waals surface area (Å²) < 4.78 is 5.03. The highest BCUT2D eigenvalue weighted by Crippen LogP contribution is 2.32. The molecule has 0 aliphatic heterocycles. The monoisotopic (exact) mass is 230 g/mol. The molecule has 0 radical (unpaired) electrons. The summed E-state index contributed by atoms with van der Waals surface area (Å²) in [7, 11) is 0. The molecule has 1 aliphatic carbocycles. The predicted molar refractivity (Wildman–Crippen MR) is 61.5 cm³/mol. The van der Waals surface area contributed by atoms with Crippen LogP contribution in [0, 0.1) is 0 Å². The first kappa shape index (κ1) is 10.5. The van der Waals surface area contributed by atoms with E-state index in [1.807, 2.05) is 0 Å². The van der Waals surface area contributed by atoms with Gasteiger partial charge in [0.25, 0.3) is 5.89 Å². The van der Waals surface area contributed by atoms with Gasteiger partial charge < -0.3 is 9.63 Å². The highest BCUT2D eigenvalue weighted by molar-refractivity contribution is 5.34. The molecule has 0 saturated carbocycles. The zero-order valence-electron chi connectivity index (χ0n) is 9.63. The number of hydrogen-bond donors (Lipinski definition) is 1. The van der Waals surface area contributed by atoms with Crippen LogP contribution in [0.5, 0.6) is 0 Å². The van der Waals surface area contributed by atoms with E-state index in [1.165, 1.54) is 11.1 Å². The molecule has 4 nitrogen and oxygen atoms in total. The van der Waals surface area contributed by atoms with E-state index in [-0.39, 0.29) is 5.92 Å². The van der Waals surface area contributed by atoms with Crippen LogP contribution in [0.15, 0.2) is 28.8 Å². The molecule has 0 fully saturated rings. The van der Waals surface area contributed by atoms with Crippen molar-refractivity contribution in [1.29, 1.82) is 0 Å². The quantitative estimate of drug-likeness (QED) is 0.857. The first-order chi connectivity index (χ1) is 8.24. The van der Waals surface area contributed by atoms with Crippen LogP contribution in [0.1, 0.15) is 41.8 Å². The average Bonchev–Trinajstić information content (AvgIpc) is 2.95. The van der Waals surface area contributed by atoms with Crippen molar-refractivity contribution in [1.82, 2.24) is 10.1 Å². The van der Waals surface area contributed by atoms with E-state index in [9.17, 15) is 5.11 Å². The minimum absolute atomic E-state index is 0.281. The number of benzene rings is 1. The van der Waals surface area contributed by atoms with E-state index < -0.39 is 6.10 Å². The normalized spacial score (nSPS) is 17.1. The molecule has 0 bridgehead atoms. The molecule has 0 saturated heterocycles. The number of hydrogen-bond acceptors (Lipinski definition) is 4. The van der Waals surface area contributed by atoms with Crippen molar-refractivity contribution >= 4 is 0 Å². The number of aliphatic hydroxyl groups excluding tert-OH is 1. The molecule has 3 rings (SSSR count). The SMILES string of the molecule is C[C@@H](O)c1nc(C2Cc3ccccc3C2)no1. The number of rotatable bonds is 2. The highest BCUT2D eigenvalue weighted by atomic mass is 16.5. The van der Waals surface area contributed by atoms with Crippen LogP contribution < -0.4 is 0 Å². The topological polar surface area (TPSA) is 59.2 Å². The Morgan fingerprint density at radius 1 is 1.29 bits per heavy atom.